The molecule has 0 unspecified atom stereocenters. The van der Waals surface area contributed by atoms with Gasteiger partial charge in [0.25, 0.3) is 0 Å². The highest BCUT2D eigenvalue weighted by Crippen LogP contribution is 2.49. The first-order valence-electron chi connectivity index (χ1n) is 17.8. The lowest BCUT2D eigenvalue weighted by Gasteiger charge is -2.22. The van der Waals surface area contributed by atoms with Gasteiger partial charge in [-0.25, -0.2) is 0 Å². The molecule has 0 spiro atoms. The van der Waals surface area contributed by atoms with Crippen molar-refractivity contribution in [3.63, 3.8) is 0 Å². The van der Waals surface area contributed by atoms with Gasteiger partial charge >= 0.3 is 0 Å². The summed E-state index contributed by atoms with van der Waals surface area (Å²) in [4.78, 5) is 0. The smallest absolute Gasteiger partial charge is 0.137 e. The number of hydrogen-bond acceptors (Lipinski definition) is 3. The maximum Gasteiger partial charge on any atom is 0.137 e. The molecule has 3 heterocycles. The summed E-state index contributed by atoms with van der Waals surface area (Å²) >= 11 is 1.86. The monoisotopic (exact) mass is 681 g/mol. The van der Waals surface area contributed by atoms with Gasteiger partial charge in [-0.2, -0.15) is 0 Å². The fourth-order valence-corrected chi connectivity index (χ4v) is 9.56. The van der Waals surface area contributed by atoms with E-state index in [-0.39, 0.29) is 0 Å². The molecule has 2 bridgehead atoms. The van der Waals surface area contributed by atoms with Gasteiger partial charge in [-0.05, 0) is 111 Å². The quantitative estimate of drug-likeness (QED) is 0.196. The summed E-state index contributed by atoms with van der Waals surface area (Å²) in [6.07, 6.45) is 0. The van der Waals surface area contributed by atoms with Crippen molar-refractivity contribution in [3.05, 3.63) is 169 Å². The Hall–Kier alpha value is -6.42. The highest BCUT2D eigenvalue weighted by molar-refractivity contribution is 7.25. The van der Waals surface area contributed by atoms with Crippen LogP contribution in [0.4, 0.5) is 11.4 Å². The predicted molar refractivity (Wildman–Crippen MR) is 222 cm³/mol. The molecular formula is C49H31NOS. The van der Waals surface area contributed by atoms with E-state index in [9.17, 15) is 0 Å². The molecule has 2 aromatic heterocycles. The van der Waals surface area contributed by atoms with Gasteiger partial charge in [0.2, 0.25) is 0 Å². The average Bonchev–Trinajstić information content (AvgIpc) is 3.77. The predicted octanol–water partition coefficient (Wildman–Crippen LogP) is 14.7. The van der Waals surface area contributed by atoms with E-state index in [2.05, 4.69) is 176 Å². The first kappa shape index (κ1) is 29.3. The number of benzene rings is 8. The average molecular weight is 682 g/mol. The van der Waals surface area contributed by atoms with E-state index < -0.39 is 0 Å². The summed E-state index contributed by atoms with van der Waals surface area (Å²) in [6, 6.07) is 59.7. The maximum atomic E-state index is 6.54. The van der Waals surface area contributed by atoms with Crippen LogP contribution in [0.2, 0.25) is 0 Å². The Morgan fingerprint density at radius 2 is 1.08 bits per heavy atom. The van der Waals surface area contributed by atoms with Gasteiger partial charge in [0, 0.05) is 36.8 Å². The van der Waals surface area contributed by atoms with Crippen molar-refractivity contribution in [2.24, 2.45) is 0 Å². The minimum Gasteiger partial charge on any atom is -0.456 e. The van der Waals surface area contributed by atoms with Gasteiger partial charge in [0.1, 0.15) is 11.2 Å². The van der Waals surface area contributed by atoms with Crippen molar-refractivity contribution in [3.8, 4) is 55.6 Å². The lowest BCUT2D eigenvalue weighted by atomic mass is 9.84. The van der Waals surface area contributed by atoms with Crippen LogP contribution < -0.4 is 5.32 Å². The highest BCUT2D eigenvalue weighted by atomic mass is 32.1. The Bertz CT molecular complexity index is 3060. The van der Waals surface area contributed by atoms with E-state index in [1.54, 1.807) is 0 Å². The Labute approximate surface area is 305 Å². The molecule has 11 rings (SSSR count). The third-order valence-corrected chi connectivity index (χ3v) is 12.0. The summed E-state index contributed by atoms with van der Waals surface area (Å²) in [6.45, 7) is 2.27. The number of furan rings is 1. The Balaban J connectivity index is 1.26. The molecule has 1 N–H and O–H groups in total. The van der Waals surface area contributed by atoms with Crippen LogP contribution in [0, 0.1) is 6.92 Å². The molecule has 0 aliphatic carbocycles. The summed E-state index contributed by atoms with van der Waals surface area (Å²) in [7, 11) is 0. The zero-order valence-electron chi connectivity index (χ0n) is 28.4. The van der Waals surface area contributed by atoms with Gasteiger partial charge in [-0.3, -0.25) is 0 Å². The molecule has 0 fully saturated rings. The molecule has 3 heteroatoms. The fraction of sp³-hybridized carbons (Fsp3) is 0.0204. The maximum absolute atomic E-state index is 6.54. The minimum atomic E-state index is 0.875. The van der Waals surface area contributed by atoms with Gasteiger partial charge in [0.05, 0.1) is 11.1 Å². The van der Waals surface area contributed by atoms with Crippen LogP contribution in [-0.4, -0.2) is 0 Å². The molecule has 0 saturated carbocycles. The molecule has 244 valence electrons. The van der Waals surface area contributed by atoms with Gasteiger partial charge in [0.15, 0.2) is 0 Å². The topological polar surface area (TPSA) is 25.2 Å². The normalized spacial score (nSPS) is 12.1. The van der Waals surface area contributed by atoms with Crippen LogP contribution >= 0.6 is 11.3 Å². The lowest BCUT2D eigenvalue weighted by Crippen LogP contribution is -1.99. The van der Waals surface area contributed by atoms with E-state index in [0.29, 0.717) is 0 Å². The van der Waals surface area contributed by atoms with E-state index in [1.807, 2.05) is 11.3 Å². The molecule has 2 nitrogen and oxygen atoms in total. The number of thiophene rings is 1. The number of hydrogen-bond donors (Lipinski definition) is 1. The van der Waals surface area contributed by atoms with Crippen molar-refractivity contribution in [1.29, 1.82) is 0 Å². The van der Waals surface area contributed by atoms with E-state index in [0.717, 1.165) is 38.9 Å². The molecule has 0 saturated heterocycles. The van der Waals surface area contributed by atoms with Crippen molar-refractivity contribution in [2.75, 3.05) is 5.32 Å². The molecule has 0 radical (unpaired) electrons. The van der Waals surface area contributed by atoms with Crippen molar-refractivity contribution in [2.45, 2.75) is 6.92 Å². The third-order valence-electron chi connectivity index (χ3n) is 10.9. The van der Waals surface area contributed by atoms with Gasteiger partial charge < -0.3 is 9.73 Å². The first-order valence-corrected chi connectivity index (χ1v) is 18.6. The van der Waals surface area contributed by atoms with Crippen LogP contribution in [0.15, 0.2) is 168 Å². The summed E-state index contributed by atoms with van der Waals surface area (Å²) in [5.41, 5.74) is 17.1. The Kier molecular flexibility index (Phi) is 6.37. The van der Waals surface area contributed by atoms with Crippen LogP contribution in [-0.2, 0) is 0 Å². The standard InChI is InChI=1S/C49H31NOS/c1-29-33-14-7-15-34(29)39-27-31(30-11-3-2-4-12-30)23-25-36(39)40-28-32(35-16-9-22-46-47(35)38-13-5-6-21-45(38)52-46)24-26-41(40)50-42-18-10-20-44-49(42)48-37(33)17-8-19-43(48)51-44/h2-28,50H,1H3. The molecule has 0 amide bonds. The molecule has 8 aromatic carbocycles. The zero-order chi connectivity index (χ0) is 34.3. The minimum absolute atomic E-state index is 0.875. The molecule has 52 heavy (non-hydrogen) atoms. The van der Waals surface area contributed by atoms with Crippen molar-refractivity contribution >= 4 is 64.8 Å². The van der Waals surface area contributed by atoms with Crippen molar-refractivity contribution in [1.82, 2.24) is 0 Å². The van der Waals surface area contributed by atoms with Gasteiger partial charge in [-0.1, -0.05) is 115 Å². The number of rotatable bonds is 2. The van der Waals surface area contributed by atoms with E-state index in [1.165, 1.54) is 75.8 Å². The number of nitrogens with one attached hydrogen (secondary N) is 1. The zero-order valence-corrected chi connectivity index (χ0v) is 29.2. The van der Waals surface area contributed by atoms with E-state index in [4.69, 9.17) is 4.42 Å². The van der Waals surface area contributed by atoms with Crippen molar-refractivity contribution < 1.29 is 4.42 Å². The highest BCUT2D eigenvalue weighted by Gasteiger charge is 2.23. The SMILES string of the molecule is Cc1c2cccc1-c1cccc3oc4cccc(c4c13)Nc1ccc(-c3cccc4sc5ccccc5c34)cc1-c1ccc(-c3ccccc3)cc1-2. The van der Waals surface area contributed by atoms with Crippen LogP contribution in [0.5, 0.6) is 0 Å². The third kappa shape index (κ3) is 4.36. The lowest BCUT2D eigenvalue weighted by molar-refractivity contribution is 0.669. The molecule has 1 aliphatic heterocycles. The molecule has 0 atom stereocenters. The second-order valence-electron chi connectivity index (χ2n) is 13.7. The van der Waals surface area contributed by atoms with Gasteiger partial charge in [-0.15, -0.1) is 11.3 Å². The molecule has 10 aromatic rings. The summed E-state index contributed by atoms with van der Waals surface area (Å²) < 4.78 is 9.16. The van der Waals surface area contributed by atoms with Crippen LogP contribution in [0.25, 0.3) is 97.7 Å². The Morgan fingerprint density at radius 1 is 0.404 bits per heavy atom. The molecule has 1 aliphatic rings. The van der Waals surface area contributed by atoms with E-state index >= 15 is 0 Å². The Morgan fingerprint density at radius 3 is 1.98 bits per heavy atom. The summed E-state index contributed by atoms with van der Waals surface area (Å²) in [5, 5.41) is 8.80. The number of fused-ring (bicyclic) bond motifs is 10. The fourth-order valence-electron chi connectivity index (χ4n) is 8.43. The van der Waals surface area contributed by atoms with Crippen LogP contribution in [0.1, 0.15) is 5.56 Å². The first-order chi connectivity index (χ1) is 25.7. The largest absolute Gasteiger partial charge is 0.456 e. The van der Waals surface area contributed by atoms with Crippen LogP contribution in [0.3, 0.4) is 0 Å². The second kappa shape index (κ2) is 11.3. The summed E-state index contributed by atoms with van der Waals surface area (Å²) in [5.74, 6) is 0. The number of anilines is 2. The molecular weight excluding hydrogens is 651 g/mol. The second-order valence-corrected chi connectivity index (χ2v) is 14.8.